The second-order valence-electron chi connectivity index (χ2n) is 5.69. The fraction of sp³-hybridized carbons (Fsp3) is 0.562. The molecule has 0 bridgehead atoms. The van der Waals surface area contributed by atoms with Crippen LogP contribution in [0.2, 0.25) is 0 Å². The molecule has 3 nitrogen and oxygen atoms in total. The summed E-state index contributed by atoms with van der Waals surface area (Å²) in [6.45, 7) is 5.25. The highest BCUT2D eigenvalue weighted by molar-refractivity contribution is 5.78. The summed E-state index contributed by atoms with van der Waals surface area (Å²) in [6.07, 6.45) is 4.59. The smallest absolute Gasteiger partial charge is 0.188 e. The third kappa shape index (κ3) is 4.93. The lowest BCUT2D eigenvalue weighted by Crippen LogP contribution is -2.33. The van der Waals surface area contributed by atoms with Crippen LogP contribution in [0.1, 0.15) is 50.2 Å². The molecule has 1 aromatic carbocycles. The molecule has 0 saturated heterocycles. The highest BCUT2D eigenvalue weighted by Crippen LogP contribution is 2.18. The molecule has 1 fully saturated rings. The van der Waals surface area contributed by atoms with Crippen LogP contribution in [0.25, 0.3) is 0 Å². The predicted octanol–water partition coefficient (Wildman–Crippen LogP) is 2.81. The topological polar surface area (TPSA) is 50.4 Å². The Labute approximate surface area is 116 Å². The Morgan fingerprint density at radius 3 is 2.58 bits per heavy atom. The van der Waals surface area contributed by atoms with Crippen molar-refractivity contribution in [2.24, 2.45) is 10.7 Å². The van der Waals surface area contributed by atoms with Gasteiger partial charge in [0.1, 0.15) is 0 Å². The number of rotatable bonds is 6. The molecular weight excluding hydrogens is 234 g/mol. The van der Waals surface area contributed by atoms with Crippen LogP contribution < -0.4 is 11.1 Å². The molecule has 104 valence electrons. The van der Waals surface area contributed by atoms with Crippen LogP contribution in [0.15, 0.2) is 29.3 Å². The Balaban J connectivity index is 1.69. The molecule has 0 atom stereocenters. The van der Waals surface area contributed by atoms with Gasteiger partial charge < -0.3 is 11.1 Å². The van der Waals surface area contributed by atoms with E-state index in [4.69, 9.17) is 5.73 Å². The van der Waals surface area contributed by atoms with E-state index in [9.17, 15) is 0 Å². The normalized spacial score (nSPS) is 15.8. The molecule has 0 radical (unpaired) electrons. The summed E-state index contributed by atoms with van der Waals surface area (Å²) < 4.78 is 0. The van der Waals surface area contributed by atoms with Gasteiger partial charge in [-0.3, -0.25) is 4.99 Å². The Bertz CT molecular complexity index is 416. The Morgan fingerprint density at radius 2 is 2.00 bits per heavy atom. The lowest BCUT2D eigenvalue weighted by molar-refractivity contribution is 0.810. The standard InChI is InChI=1S/C16H25N3/c1-12(2)14-7-5-13(6-8-14)4-3-11-18-16(17)19-15-9-10-15/h5-8,12,15H,3-4,9-11H2,1-2H3,(H3,17,18,19). The molecule has 1 aromatic rings. The number of nitrogens with two attached hydrogens (primary N) is 1. The summed E-state index contributed by atoms with van der Waals surface area (Å²) in [7, 11) is 0. The first-order valence-electron chi connectivity index (χ1n) is 7.30. The Morgan fingerprint density at radius 1 is 1.32 bits per heavy atom. The van der Waals surface area contributed by atoms with Crippen LogP contribution in [0.5, 0.6) is 0 Å². The molecule has 1 saturated carbocycles. The van der Waals surface area contributed by atoms with Gasteiger partial charge in [-0.05, 0) is 42.7 Å². The van der Waals surface area contributed by atoms with Crippen molar-refractivity contribution in [3.8, 4) is 0 Å². The van der Waals surface area contributed by atoms with Gasteiger partial charge in [0.05, 0.1) is 0 Å². The number of hydrogen-bond acceptors (Lipinski definition) is 1. The maximum Gasteiger partial charge on any atom is 0.188 e. The van der Waals surface area contributed by atoms with Gasteiger partial charge in [-0.1, -0.05) is 38.1 Å². The van der Waals surface area contributed by atoms with Gasteiger partial charge in [0, 0.05) is 12.6 Å². The molecule has 1 aliphatic carbocycles. The maximum absolute atomic E-state index is 5.79. The Kier molecular flexibility index (Phi) is 4.83. The maximum atomic E-state index is 5.79. The average molecular weight is 259 g/mol. The van der Waals surface area contributed by atoms with Crippen molar-refractivity contribution in [2.75, 3.05) is 6.54 Å². The molecule has 2 rings (SSSR count). The van der Waals surface area contributed by atoms with E-state index < -0.39 is 0 Å². The van der Waals surface area contributed by atoms with Gasteiger partial charge in [-0.15, -0.1) is 0 Å². The zero-order chi connectivity index (χ0) is 13.7. The molecule has 1 aliphatic rings. The summed E-state index contributed by atoms with van der Waals surface area (Å²) in [5, 5.41) is 3.20. The molecule has 0 aromatic heterocycles. The van der Waals surface area contributed by atoms with Crippen LogP contribution in [-0.2, 0) is 6.42 Å². The molecule has 0 heterocycles. The summed E-state index contributed by atoms with van der Waals surface area (Å²) in [5.74, 6) is 1.21. The molecule has 19 heavy (non-hydrogen) atoms. The number of aliphatic imine (C=N–C) groups is 1. The monoisotopic (exact) mass is 259 g/mol. The largest absolute Gasteiger partial charge is 0.370 e. The van der Waals surface area contributed by atoms with Gasteiger partial charge in [-0.25, -0.2) is 0 Å². The summed E-state index contributed by atoms with van der Waals surface area (Å²) in [4.78, 5) is 4.35. The van der Waals surface area contributed by atoms with Gasteiger partial charge in [0.25, 0.3) is 0 Å². The number of guanidine groups is 1. The van der Waals surface area contributed by atoms with Crippen LogP contribution in [0.4, 0.5) is 0 Å². The van der Waals surface area contributed by atoms with Crippen LogP contribution in [-0.4, -0.2) is 18.5 Å². The second kappa shape index (κ2) is 6.60. The van der Waals surface area contributed by atoms with E-state index in [1.54, 1.807) is 0 Å². The highest BCUT2D eigenvalue weighted by atomic mass is 15.1. The van der Waals surface area contributed by atoms with E-state index in [2.05, 4.69) is 48.4 Å². The van der Waals surface area contributed by atoms with E-state index >= 15 is 0 Å². The van der Waals surface area contributed by atoms with Crippen molar-refractivity contribution in [1.29, 1.82) is 0 Å². The molecule has 0 unspecified atom stereocenters. The van der Waals surface area contributed by atoms with Gasteiger partial charge in [-0.2, -0.15) is 0 Å². The molecular formula is C16H25N3. The van der Waals surface area contributed by atoms with Crippen LogP contribution in [0, 0.1) is 0 Å². The third-order valence-electron chi connectivity index (χ3n) is 3.48. The van der Waals surface area contributed by atoms with Crippen molar-refractivity contribution in [3.05, 3.63) is 35.4 Å². The van der Waals surface area contributed by atoms with Crippen LogP contribution in [0.3, 0.4) is 0 Å². The van der Waals surface area contributed by atoms with E-state index in [1.807, 2.05) is 0 Å². The highest BCUT2D eigenvalue weighted by Gasteiger charge is 2.21. The molecule has 0 amide bonds. The van der Waals surface area contributed by atoms with E-state index in [-0.39, 0.29) is 0 Å². The van der Waals surface area contributed by atoms with E-state index in [0.717, 1.165) is 19.4 Å². The minimum atomic E-state index is 0.590. The van der Waals surface area contributed by atoms with E-state index in [1.165, 1.54) is 24.0 Å². The molecule has 0 spiro atoms. The fourth-order valence-electron chi connectivity index (χ4n) is 2.03. The first-order chi connectivity index (χ1) is 9.15. The van der Waals surface area contributed by atoms with Crippen molar-refractivity contribution < 1.29 is 0 Å². The van der Waals surface area contributed by atoms with Crippen molar-refractivity contribution in [3.63, 3.8) is 0 Å². The molecule has 3 N–H and O–H groups in total. The van der Waals surface area contributed by atoms with Gasteiger partial charge in [0.2, 0.25) is 0 Å². The summed E-state index contributed by atoms with van der Waals surface area (Å²) in [5.41, 5.74) is 8.57. The first kappa shape index (κ1) is 13.9. The minimum absolute atomic E-state index is 0.590. The van der Waals surface area contributed by atoms with Crippen molar-refractivity contribution in [1.82, 2.24) is 5.32 Å². The molecule has 3 heteroatoms. The average Bonchev–Trinajstić information content (AvgIpc) is 3.19. The zero-order valence-electron chi connectivity index (χ0n) is 12.0. The zero-order valence-corrected chi connectivity index (χ0v) is 12.0. The number of nitrogens with one attached hydrogen (secondary N) is 1. The minimum Gasteiger partial charge on any atom is -0.370 e. The van der Waals surface area contributed by atoms with Gasteiger partial charge in [0.15, 0.2) is 5.96 Å². The Hall–Kier alpha value is -1.51. The quantitative estimate of drug-likeness (QED) is 0.469. The number of aryl methyl sites for hydroxylation is 1. The van der Waals surface area contributed by atoms with Crippen molar-refractivity contribution >= 4 is 5.96 Å². The number of nitrogens with zero attached hydrogens (tertiary/aromatic N) is 1. The third-order valence-corrected chi connectivity index (χ3v) is 3.48. The number of benzene rings is 1. The lowest BCUT2D eigenvalue weighted by atomic mass is 10.0. The van der Waals surface area contributed by atoms with Gasteiger partial charge >= 0.3 is 0 Å². The lowest BCUT2D eigenvalue weighted by Gasteiger charge is -2.06. The number of hydrogen-bond donors (Lipinski definition) is 2. The fourth-order valence-corrected chi connectivity index (χ4v) is 2.03. The summed E-state index contributed by atoms with van der Waals surface area (Å²) in [6, 6.07) is 9.50. The summed E-state index contributed by atoms with van der Waals surface area (Å²) >= 11 is 0. The molecule has 0 aliphatic heterocycles. The SMILES string of the molecule is CC(C)c1ccc(CCCN=C(N)NC2CC2)cc1. The van der Waals surface area contributed by atoms with E-state index in [0.29, 0.717) is 17.9 Å². The van der Waals surface area contributed by atoms with Crippen LogP contribution >= 0.6 is 0 Å². The first-order valence-corrected chi connectivity index (χ1v) is 7.30. The predicted molar refractivity (Wildman–Crippen MR) is 81.5 cm³/mol. The van der Waals surface area contributed by atoms with Crippen molar-refractivity contribution in [2.45, 2.75) is 51.5 Å². The second-order valence-corrected chi connectivity index (χ2v) is 5.69.